The summed E-state index contributed by atoms with van der Waals surface area (Å²) in [4.78, 5) is 24.2. The molecule has 3 N–H and O–H groups in total. The highest BCUT2D eigenvalue weighted by Crippen LogP contribution is 2.27. The Labute approximate surface area is 139 Å². The molecule has 0 saturated heterocycles. The van der Waals surface area contributed by atoms with Crippen LogP contribution in [0.3, 0.4) is 0 Å². The van der Waals surface area contributed by atoms with Crippen LogP contribution in [-0.4, -0.2) is 17.6 Å². The van der Waals surface area contributed by atoms with Crippen LogP contribution >= 0.6 is 11.8 Å². The quantitative estimate of drug-likeness (QED) is 0.830. The van der Waals surface area contributed by atoms with Gasteiger partial charge >= 0.3 is 0 Å². The first kappa shape index (κ1) is 15.6. The van der Waals surface area contributed by atoms with Crippen molar-refractivity contribution in [2.75, 3.05) is 11.1 Å². The zero-order valence-corrected chi connectivity index (χ0v) is 13.5. The predicted octanol–water partition coefficient (Wildman–Crippen LogP) is 3.01. The average molecular weight is 326 g/mol. The Balaban J connectivity index is 1.54. The largest absolute Gasteiger partial charge is 0.366 e. The van der Waals surface area contributed by atoms with Crippen LogP contribution in [0.2, 0.25) is 0 Å². The third kappa shape index (κ3) is 3.93. The number of thioether (sulfide) groups is 1. The van der Waals surface area contributed by atoms with Gasteiger partial charge in [0.2, 0.25) is 11.8 Å². The molecule has 2 amide bonds. The van der Waals surface area contributed by atoms with Gasteiger partial charge in [-0.15, -0.1) is 11.8 Å². The van der Waals surface area contributed by atoms with Crippen molar-refractivity contribution in [2.45, 2.75) is 24.2 Å². The van der Waals surface area contributed by atoms with Gasteiger partial charge in [0.15, 0.2) is 0 Å². The molecule has 118 valence electrons. The van der Waals surface area contributed by atoms with Crippen molar-refractivity contribution in [1.29, 1.82) is 0 Å². The number of primary amides is 1. The normalized spacial score (nSPS) is 12.7. The zero-order chi connectivity index (χ0) is 16.2. The molecule has 1 aliphatic carbocycles. The number of anilines is 1. The molecule has 5 heteroatoms. The lowest BCUT2D eigenvalue weighted by molar-refractivity contribution is -0.113. The fourth-order valence-electron chi connectivity index (χ4n) is 2.70. The zero-order valence-electron chi connectivity index (χ0n) is 12.7. The van der Waals surface area contributed by atoms with Crippen LogP contribution in [0.5, 0.6) is 0 Å². The number of rotatable bonds is 5. The smallest absolute Gasteiger partial charge is 0.248 e. The molecular formula is C18H18N2O2S. The summed E-state index contributed by atoms with van der Waals surface area (Å²) < 4.78 is 0. The Morgan fingerprint density at radius 1 is 1.04 bits per heavy atom. The average Bonchev–Trinajstić information content (AvgIpc) is 3.01. The van der Waals surface area contributed by atoms with E-state index < -0.39 is 5.91 Å². The summed E-state index contributed by atoms with van der Waals surface area (Å²) in [6.45, 7) is 0. The van der Waals surface area contributed by atoms with Crippen molar-refractivity contribution in [2.24, 2.45) is 5.73 Å². The van der Waals surface area contributed by atoms with Crippen molar-refractivity contribution >= 4 is 29.3 Å². The Bertz CT molecular complexity index is 741. The van der Waals surface area contributed by atoms with Crippen LogP contribution in [0.4, 0.5) is 5.69 Å². The van der Waals surface area contributed by atoms with Crippen molar-refractivity contribution in [3.05, 3.63) is 59.2 Å². The second kappa shape index (κ2) is 6.87. The molecule has 0 bridgehead atoms. The number of hydrogen-bond acceptors (Lipinski definition) is 3. The first-order valence-electron chi connectivity index (χ1n) is 7.56. The van der Waals surface area contributed by atoms with E-state index in [0.29, 0.717) is 17.0 Å². The number of aryl methyl sites for hydroxylation is 2. The van der Waals surface area contributed by atoms with E-state index in [1.54, 1.807) is 24.3 Å². The van der Waals surface area contributed by atoms with Gasteiger partial charge in [-0.1, -0.05) is 6.07 Å². The highest BCUT2D eigenvalue weighted by molar-refractivity contribution is 8.00. The summed E-state index contributed by atoms with van der Waals surface area (Å²) in [5, 5.41) is 2.82. The van der Waals surface area contributed by atoms with Crippen molar-refractivity contribution in [3.8, 4) is 0 Å². The highest BCUT2D eigenvalue weighted by atomic mass is 32.2. The molecule has 0 heterocycles. The van der Waals surface area contributed by atoms with E-state index in [-0.39, 0.29) is 5.91 Å². The summed E-state index contributed by atoms with van der Waals surface area (Å²) in [7, 11) is 0. The summed E-state index contributed by atoms with van der Waals surface area (Å²) in [5.41, 5.74) is 9.13. The van der Waals surface area contributed by atoms with E-state index in [9.17, 15) is 9.59 Å². The lowest BCUT2D eigenvalue weighted by Gasteiger charge is -2.07. The number of benzene rings is 2. The minimum atomic E-state index is -0.477. The number of fused-ring (bicyclic) bond motifs is 1. The molecular weight excluding hydrogens is 308 g/mol. The van der Waals surface area contributed by atoms with Gasteiger partial charge < -0.3 is 11.1 Å². The summed E-state index contributed by atoms with van der Waals surface area (Å²) in [6.07, 6.45) is 3.54. The molecule has 0 spiro atoms. The van der Waals surface area contributed by atoms with Gasteiger partial charge in [-0.25, -0.2) is 0 Å². The third-order valence-corrected chi connectivity index (χ3v) is 4.89. The van der Waals surface area contributed by atoms with Crippen LogP contribution < -0.4 is 11.1 Å². The molecule has 0 aromatic heterocycles. The maximum absolute atomic E-state index is 12.0. The van der Waals surface area contributed by atoms with Gasteiger partial charge in [-0.2, -0.15) is 0 Å². The topological polar surface area (TPSA) is 72.2 Å². The highest BCUT2D eigenvalue weighted by Gasteiger charge is 2.11. The molecule has 2 aromatic rings. The molecule has 0 saturated carbocycles. The molecule has 23 heavy (non-hydrogen) atoms. The number of carbonyl (C=O) groups is 2. The van der Waals surface area contributed by atoms with Crippen molar-refractivity contribution < 1.29 is 9.59 Å². The molecule has 0 radical (unpaired) electrons. The number of nitrogens with two attached hydrogens (primary N) is 1. The SMILES string of the molecule is NC(=O)c1ccc(NC(=O)CSc2ccc3c(c2)CCC3)cc1. The van der Waals surface area contributed by atoms with Crippen LogP contribution in [0.25, 0.3) is 0 Å². The van der Waals surface area contributed by atoms with Crippen LogP contribution in [-0.2, 0) is 17.6 Å². The lowest BCUT2D eigenvalue weighted by atomic mass is 10.1. The summed E-state index contributed by atoms with van der Waals surface area (Å²) in [5.74, 6) is -0.187. The van der Waals surface area contributed by atoms with Crippen molar-refractivity contribution in [3.63, 3.8) is 0 Å². The van der Waals surface area contributed by atoms with Gasteiger partial charge in [-0.3, -0.25) is 9.59 Å². The minimum Gasteiger partial charge on any atom is -0.366 e. The molecule has 1 aliphatic rings. The molecule has 0 aliphatic heterocycles. The molecule has 2 aromatic carbocycles. The van der Waals surface area contributed by atoms with E-state index in [2.05, 4.69) is 23.5 Å². The Hall–Kier alpha value is -2.27. The predicted molar refractivity (Wildman–Crippen MR) is 92.8 cm³/mol. The number of carbonyl (C=O) groups excluding carboxylic acids is 2. The van der Waals surface area contributed by atoms with E-state index in [1.807, 2.05) is 0 Å². The van der Waals surface area contributed by atoms with Crippen molar-refractivity contribution in [1.82, 2.24) is 0 Å². The van der Waals surface area contributed by atoms with Gasteiger partial charge in [0.25, 0.3) is 0 Å². The van der Waals surface area contributed by atoms with E-state index >= 15 is 0 Å². The first-order valence-corrected chi connectivity index (χ1v) is 8.55. The third-order valence-electron chi connectivity index (χ3n) is 3.89. The lowest BCUT2D eigenvalue weighted by Crippen LogP contribution is -2.15. The molecule has 0 atom stereocenters. The fourth-order valence-corrected chi connectivity index (χ4v) is 3.46. The van der Waals surface area contributed by atoms with Crippen LogP contribution in [0.15, 0.2) is 47.4 Å². The maximum atomic E-state index is 12.0. The summed E-state index contributed by atoms with van der Waals surface area (Å²) in [6, 6.07) is 13.0. The summed E-state index contributed by atoms with van der Waals surface area (Å²) >= 11 is 1.54. The number of amides is 2. The first-order chi connectivity index (χ1) is 11.1. The molecule has 4 nitrogen and oxygen atoms in total. The Morgan fingerprint density at radius 3 is 2.52 bits per heavy atom. The van der Waals surface area contributed by atoms with Gasteiger partial charge in [0, 0.05) is 16.1 Å². The second-order valence-corrected chi connectivity index (χ2v) is 6.61. The molecule has 0 unspecified atom stereocenters. The standard InChI is InChI=1S/C18H18N2O2S/c19-18(22)13-4-7-15(8-5-13)20-17(21)11-23-16-9-6-12-2-1-3-14(12)10-16/h4-10H,1-3,11H2,(H2,19,22)(H,20,21). The Kier molecular flexibility index (Phi) is 4.67. The molecule has 0 fully saturated rings. The van der Waals surface area contributed by atoms with E-state index in [1.165, 1.54) is 35.7 Å². The minimum absolute atomic E-state index is 0.0673. The monoisotopic (exact) mass is 326 g/mol. The fraction of sp³-hybridized carbons (Fsp3) is 0.222. The van der Waals surface area contributed by atoms with E-state index in [0.717, 1.165) is 11.3 Å². The Morgan fingerprint density at radius 2 is 1.78 bits per heavy atom. The van der Waals surface area contributed by atoms with E-state index in [4.69, 9.17) is 5.73 Å². The van der Waals surface area contributed by atoms with Gasteiger partial charge in [-0.05, 0) is 66.8 Å². The maximum Gasteiger partial charge on any atom is 0.248 e. The number of nitrogens with one attached hydrogen (secondary N) is 1. The van der Waals surface area contributed by atoms with Crippen LogP contribution in [0.1, 0.15) is 27.9 Å². The number of hydrogen-bond donors (Lipinski definition) is 2. The second-order valence-electron chi connectivity index (χ2n) is 5.56. The van der Waals surface area contributed by atoms with Crippen LogP contribution in [0, 0.1) is 0 Å². The van der Waals surface area contributed by atoms with Gasteiger partial charge in [0.05, 0.1) is 5.75 Å². The van der Waals surface area contributed by atoms with Gasteiger partial charge in [0.1, 0.15) is 0 Å². The molecule has 3 rings (SSSR count).